The summed E-state index contributed by atoms with van der Waals surface area (Å²) in [6, 6.07) is 9.58. The van der Waals surface area contributed by atoms with Crippen LogP contribution in [0.3, 0.4) is 0 Å². The first-order valence-corrected chi connectivity index (χ1v) is 7.38. The normalized spacial score (nSPS) is 19.7. The fourth-order valence-electron chi connectivity index (χ4n) is 3.01. The summed E-state index contributed by atoms with van der Waals surface area (Å²) in [5.41, 5.74) is 2.75. The van der Waals surface area contributed by atoms with Crippen LogP contribution in [0.25, 0.3) is 5.69 Å². The molecule has 0 radical (unpaired) electrons. The quantitative estimate of drug-likeness (QED) is 0.796. The van der Waals surface area contributed by atoms with E-state index in [1.54, 1.807) is 9.36 Å². The van der Waals surface area contributed by atoms with Crippen molar-refractivity contribution in [3.05, 3.63) is 59.7 Å². The molecule has 2 heterocycles. The van der Waals surface area contributed by atoms with E-state index in [4.69, 9.17) is 0 Å². The van der Waals surface area contributed by atoms with Crippen LogP contribution < -0.4 is 0 Å². The van der Waals surface area contributed by atoms with Gasteiger partial charge in [0, 0.05) is 25.1 Å². The summed E-state index contributed by atoms with van der Waals surface area (Å²) in [6.07, 6.45) is 4.17. The monoisotopic (exact) mass is 309 g/mol. The number of hydrogen-bond donors (Lipinski definition) is 1. The average Bonchev–Trinajstić information content (AvgIpc) is 3.01. The zero-order valence-corrected chi connectivity index (χ0v) is 12.5. The molecule has 0 bridgehead atoms. The Kier molecular flexibility index (Phi) is 3.00. The van der Waals surface area contributed by atoms with Gasteiger partial charge in [-0.2, -0.15) is 5.10 Å². The number of rotatable bonds is 4. The molecule has 0 saturated heterocycles. The molecule has 1 fully saturated rings. The van der Waals surface area contributed by atoms with Crippen molar-refractivity contribution in [3.63, 3.8) is 0 Å². The topological polar surface area (TPSA) is 85.8 Å². The van der Waals surface area contributed by atoms with Crippen LogP contribution in [0.5, 0.6) is 0 Å². The molecule has 1 aromatic carbocycles. The van der Waals surface area contributed by atoms with Crippen LogP contribution in [0.1, 0.15) is 40.0 Å². The minimum absolute atomic E-state index is 0.0977. The highest BCUT2D eigenvalue weighted by molar-refractivity contribution is 5.89. The fraction of sp³-hybridized carbons (Fsp3) is 0.250. The van der Waals surface area contributed by atoms with Gasteiger partial charge >= 0.3 is 5.97 Å². The van der Waals surface area contributed by atoms with Crippen LogP contribution in [0.4, 0.5) is 0 Å². The second-order valence-corrected chi connectivity index (χ2v) is 5.76. The van der Waals surface area contributed by atoms with Crippen LogP contribution in [0.2, 0.25) is 0 Å². The standard InChI is InChI=1S/C16H15N5O2/c1-20-9-14(18-19-20)11-7-12(11)15-13(16(22)23)8-17-21(15)10-5-3-2-4-6-10/h2-6,8-9,11-12H,7H2,1H3,(H,22,23). The molecule has 2 unspecified atom stereocenters. The van der Waals surface area contributed by atoms with E-state index in [1.165, 1.54) is 6.20 Å². The minimum atomic E-state index is -0.952. The van der Waals surface area contributed by atoms with Crippen molar-refractivity contribution in [1.29, 1.82) is 0 Å². The number of carboxylic acids is 1. The van der Waals surface area contributed by atoms with Crippen LogP contribution in [-0.2, 0) is 7.05 Å². The Balaban J connectivity index is 1.76. The molecule has 4 rings (SSSR count). The summed E-state index contributed by atoms with van der Waals surface area (Å²) in [7, 11) is 1.82. The van der Waals surface area contributed by atoms with Gasteiger partial charge in [-0.25, -0.2) is 9.48 Å². The van der Waals surface area contributed by atoms with Crippen LogP contribution in [0.15, 0.2) is 42.7 Å². The third-order valence-corrected chi connectivity index (χ3v) is 4.18. The summed E-state index contributed by atoms with van der Waals surface area (Å²) in [4.78, 5) is 11.6. The molecule has 3 aromatic rings. The van der Waals surface area contributed by atoms with Gasteiger partial charge in [0.25, 0.3) is 0 Å². The van der Waals surface area contributed by atoms with Crippen LogP contribution in [0, 0.1) is 0 Å². The third kappa shape index (κ3) is 2.30. The SMILES string of the molecule is Cn1cc(C2CC2c2c(C(=O)O)cnn2-c2ccccc2)nn1. The number of carbonyl (C=O) groups is 1. The van der Waals surface area contributed by atoms with Gasteiger partial charge in [-0.1, -0.05) is 23.4 Å². The number of hydrogen-bond acceptors (Lipinski definition) is 4. The van der Waals surface area contributed by atoms with E-state index in [0.717, 1.165) is 23.5 Å². The first-order valence-electron chi connectivity index (χ1n) is 7.38. The zero-order chi connectivity index (χ0) is 16.0. The summed E-state index contributed by atoms with van der Waals surface area (Å²) in [5, 5.41) is 21.9. The predicted molar refractivity (Wildman–Crippen MR) is 81.6 cm³/mol. The largest absolute Gasteiger partial charge is 0.478 e. The van der Waals surface area contributed by atoms with Crippen molar-refractivity contribution < 1.29 is 9.90 Å². The molecule has 7 heteroatoms. The lowest BCUT2D eigenvalue weighted by Crippen LogP contribution is -2.06. The minimum Gasteiger partial charge on any atom is -0.478 e. The maximum absolute atomic E-state index is 11.6. The third-order valence-electron chi connectivity index (χ3n) is 4.18. The molecule has 23 heavy (non-hydrogen) atoms. The van der Waals surface area contributed by atoms with E-state index < -0.39 is 5.97 Å². The Morgan fingerprint density at radius 2 is 2.04 bits per heavy atom. The van der Waals surface area contributed by atoms with Gasteiger partial charge in [0.05, 0.1) is 23.3 Å². The molecular weight excluding hydrogens is 294 g/mol. The van der Waals surface area contributed by atoms with Crippen molar-refractivity contribution in [2.75, 3.05) is 0 Å². The first-order chi connectivity index (χ1) is 11.1. The number of para-hydroxylation sites is 1. The molecular formula is C16H15N5O2. The van der Waals surface area contributed by atoms with Gasteiger partial charge in [-0.15, -0.1) is 5.10 Å². The molecule has 2 aromatic heterocycles. The van der Waals surface area contributed by atoms with E-state index in [2.05, 4.69) is 15.4 Å². The molecule has 1 saturated carbocycles. The zero-order valence-electron chi connectivity index (χ0n) is 12.5. The lowest BCUT2D eigenvalue weighted by molar-refractivity contribution is 0.0695. The molecule has 1 N–H and O–H groups in total. The second kappa shape index (κ2) is 5.05. The molecule has 0 spiro atoms. The van der Waals surface area contributed by atoms with Crippen molar-refractivity contribution >= 4 is 5.97 Å². The smallest absolute Gasteiger partial charge is 0.339 e. The summed E-state index contributed by atoms with van der Waals surface area (Å²) in [6.45, 7) is 0. The number of aromatic carboxylic acids is 1. The van der Waals surface area contributed by atoms with Gasteiger partial charge < -0.3 is 5.11 Å². The van der Waals surface area contributed by atoms with Crippen molar-refractivity contribution in [2.45, 2.75) is 18.3 Å². The Hall–Kier alpha value is -2.96. The Morgan fingerprint density at radius 3 is 2.70 bits per heavy atom. The van der Waals surface area contributed by atoms with Crippen molar-refractivity contribution in [2.24, 2.45) is 7.05 Å². The highest BCUT2D eigenvalue weighted by Crippen LogP contribution is 2.55. The number of aromatic nitrogens is 5. The molecule has 1 aliphatic rings. The summed E-state index contributed by atoms with van der Waals surface area (Å²) in [5.74, 6) is -0.659. The molecule has 116 valence electrons. The number of benzene rings is 1. The predicted octanol–water partition coefficient (Wildman–Crippen LogP) is 1.97. The van der Waals surface area contributed by atoms with Gasteiger partial charge in [0.2, 0.25) is 0 Å². The van der Waals surface area contributed by atoms with Gasteiger partial charge in [0.1, 0.15) is 5.56 Å². The van der Waals surface area contributed by atoms with E-state index in [9.17, 15) is 9.90 Å². The summed E-state index contributed by atoms with van der Waals surface area (Å²) < 4.78 is 3.39. The van der Waals surface area contributed by atoms with E-state index in [-0.39, 0.29) is 17.4 Å². The average molecular weight is 309 g/mol. The maximum atomic E-state index is 11.6. The number of nitrogens with zero attached hydrogens (tertiary/aromatic N) is 5. The molecule has 1 aliphatic carbocycles. The van der Waals surface area contributed by atoms with Gasteiger partial charge in [0.15, 0.2) is 0 Å². The Morgan fingerprint density at radius 1 is 1.26 bits per heavy atom. The number of carboxylic acid groups (broad SMARTS) is 1. The first kappa shape index (κ1) is 13.7. The van der Waals surface area contributed by atoms with E-state index in [0.29, 0.717) is 0 Å². The van der Waals surface area contributed by atoms with Crippen LogP contribution in [-0.4, -0.2) is 35.9 Å². The molecule has 0 amide bonds. The highest BCUT2D eigenvalue weighted by Gasteiger charge is 2.45. The highest BCUT2D eigenvalue weighted by atomic mass is 16.4. The van der Waals surface area contributed by atoms with E-state index >= 15 is 0 Å². The van der Waals surface area contributed by atoms with E-state index in [1.807, 2.05) is 43.6 Å². The summed E-state index contributed by atoms with van der Waals surface area (Å²) >= 11 is 0. The number of aryl methyl sites for hydroxylation is 1. The van der Waals surface area contributed by atoms with Crippen molar-refractivity contribution in [3.8, 4) is 5.69 Å². The Bertz CT molecular complexity index is 868. The molecule has 7 nitrogen and oxygen atoms in total. The van der Waals surface area contributed by atoms with Gasteiger partial charge in [-0.3, -0.25) is 4.68 Å². The maximum Gasteiger partial charge on any atom is 0.339 e. The van der Waals surface area contributed by atoms with Gasteiger partial charge in [-0.05, 0) is 18.6 Å². The lowest BCUT2D eigenvalue weighted by atomic mass is 10.1. The second-order valence-electron chi connectivity index (χ2n) is 5.76. The van der Waals surface area contributed by atoms with Crippen LogP contribution >= 0.6 is 0 Å². The molecule has 2 atom stereocenters. The van der Waals surface area contributed by atoms with Crippen molar-refractivity contribution in [1.82, 2.24) is 24.8 Å². The Labute approximate surface area is 132 Å². The fourth-order valence-corrected chi connectivity index (χ4v) is 3.01. The molecule has 0 aliphatic heterocycles. The lowest BCUT2D eigenvalue weighted by Gasteiger charge is -2.08.